The van der Waals surface area contributed by atoms with E-state index in [1.165, 1.54) is 26.9 Å². The van der Waals surface area contributed by atoms with E-state index in [0.717, 1.165) is 153 Å². The van der Waals surface area contributed by atoms with E-state index >= 15 is 0 Å². The Balaban J connectivity index is 0.000000108. The summed E-state index contributed by atoms with van der Waals surface area (Å²) in [5, 5.41) is 20.1. The molecule has 0 aliphatic rings. The van der Waals surface area contributed by atoms with E-state index in [4.69, 9.17) is 44.9 Å². The fourth-order valence-electron chi connectivity index (χ4n) is 16.0. The Kier molecular flexibility index (Phi) is 17.5. The maximum atomic E-state index is 5.11. The summed E-state index contributed by atoms with van der Waals surface area (Å²) in [7, 11) is 0. The van der Waals surface area contributed by atoms with E-state index < -0.39 is 0 Å². The molecule has 15 heteroatoms. The molecule has 0 bridgehead atoms. The zero-order valence-corrected chi connectivity index (χ0v) is 64.1. The third kappa shape index (κ3) is 13.6. The molecule has 0 amide bonds. The zero-order valence-electron chi connectivity index (χ0n) is 64.1. The van der Waals surface area contributed by atoms with Crippen LogP contribution in [0.2, 0.25) is 0 Å². The van der Waals surface area contributed by atoms with Gasteiger partial charge in [-0.2, -0.15) is 0 Å². The number of fused-ring (bicyclic) bond motifs is 12. The van der Waals surface area contributed by atoms with Gasteiger partial charge in [-0.25, -0.2) is 44.9 Å². The summed E-state index contributed by atoms with van der Waals surface area (Å²) in [4.78, 5) is 72.1. The van der Waals surface area contributed by atoms with Gasteiger partial charge >= 0.3 is 0 Å². The van der Waals surface area contributed by atoms with Crippen molar-refractivity contribution in [2.24, 2.45) is 0 Å². The van der Waals surface area contributed by atoms with Crippen LogP contribution >= 0.6 is 0 Å². The van der Waals surface area contributed by atoms with Crippen LogP contribution in [0.5, 0.6) is 0 Å². The smallest absolute Gasteiger partial charge is 0.165 e. The van der Waals surface area contributed by atoms with Crippen molar-refractivity contribution in [3.63, 3.8) is 0 Å². The highest BCUT2D eigenvalue weighted by atomic mass is 15.1. The normalized spacial score (nSPS) is 11.5. The Morgan fingerprint density at radius 3 is 0.717 bits per heavy atom. The van der Waals surface area contributed by atoms with Gasteiger partial charge in [0, 0.05) is 120 Å². The molecule has 0 unspecified atom stereocenters. The van der Waals surface area contributed by atoms with E-state index in [2.05, 4.69) is 266 Å². The maximum absolute atomic E-state index is 5.11. The molecule has 24 aromatic rings. The quantitative estimate of drug-likeness (QED) is 0.124. The van der Waals surface area contributed by atoms with Crippen molar-refractivity contribution in [1.82, 2.24) is 74.8 Å². The summed E-state index contributed by atoms with van der Waals surface area (Å²) < 4.78 is 0. The van der Waals surface area contributed by atoms with Crippen molar-refractivity contribution in [3.05, 3.63) is 383 Å². The minimum absolute atomic E-state index is 0.619. The zero-order chi connectivity index (χ0) is 79.4. The molecule has 0 atom stereocenters. The molecule has 558 valence electrons. The number of pyridine rings is 6. The fourth-order valence-corrected chi connectivity index (χ4v) is 16.0. The minimum atomic E-state index is 0.619. The second-order valence-corrected chi connectivity index (χ2v) is 29.6. The van der Waals surface area contributed by atoms with Crippen molar-refractivity contribution in [1.29, 1.82) is 0 Å². The monoisotopic (exact) mass is 1530 g/mol. The lowest BCUT2D eigenvalue weighted by atomic mass is 9.96. The molecule has 0 saturated heterocycles. The molecule has 0 spiro atoms. The van der Waals surface area contributed by atoms with Crippen LogP contribution in [-0.2, 0) is 0 Å². The topological polar surface area (TPSA) is 193 Å². The Morgan fingerprint density at radius 2 is 0.367 bits per heavy atom. The Hall–Kier alpha value is -16.7. The molecule has 24 rings (SSSR count). The highest BCUT2D eigenvalue weighted by Crippen LogP contribution is 2.40. The van der Waals surface area contributed by atoms with Crippen LogP contribution in [0.15, 0.2) is 383 Å². The van der Waals surface area contributed by atoms with Gasteiger partial charge in [0.15, 0.2) is 52.4 Å². The van der Waals surface area contributed by atoms with Crippen LogP contribution in [0.3, 0.4) is 0 Å². The van der Waals surface area contributed by atoms with Crippen molar-refractivity contribution >= 4 is 130 Å². The molecule has 15 aromatic carbocycles. The summed E-state index contributed by atoms with van der Waals surface area (Å²) in [6, 6.07) is 118. The van der Waals surface area contributed by atoms with E-state index in [0.29, 0.717) is 52.4 Å². The van der Waals surface area contributed by atoms with E-state index in [-0.39, 0.29) is 0 Å². The second kappa shape index (κ2) is 30.0. The van der Waals surface area contributed by atoms with Crippen LogP contribution < -0.4 is 0 Å². The highest BCUT2D eigenvalue weighted by molar-refractivity contribution is 6.12. The Morgan fingerprint density at radius 1 is 0.133 bits per heavy atom. The number of hydrogen-bond acceptors (Lipinski definition) is 15. The van der Waals surface area contributed by atoms with Crippen LogP contribution in [0.4, 0.5) is 0 Å². The van der Waals surface area contributed by atoms with Gasteiger partial charge in [-0.15, -0.1) is 0 Å². The molecule has 0 aliphatic carbocycles. The molecule has 15 nitrogen and oxygen atoms in total. The third-order valence-corrected chi connectivity index (χ3v) is 22.0. The average molecular weight is 1530 g/mol. The summed E-state index contributed by atoms with van der Waals surface area (Å²) in [5.41, 5.74) is 14.0. The standard InChI is InChI=1S/3C35H21N5/c1-3-11-28-22(7-1)19-23-8-2-4-12-29(23)32(28)35-39-33(26-13-15-30-24(20-26)9-5-17-36-30)38-34(40-35)27-14-16-31-25(21-27)10-6-18-37-31;1-2-7-23-21-30-24(18-22(23)6-1)8-3-11-29(30)35-39-33(27-12-14-31-25(19-27)9-4-16-36-31)38-34(40-35)28-13-15-32-26(20-28)10-5-17-37-32;1-2-6-23-18-30-21-27(10-9-24(30)17-22(23)5-1)33-38-34(28-11-13-31-25(19-28)7-3-15-36-31)40-35(39-33)29-12-14-32-26(20-29)8-4-16-37-32/h3*1-21H. The third-order valence-electron chi connectivity index (χ3n) is 22.0. The SMILES string of the molecule is c1ccc2cc3c(-c4nc(-c5ccc6ncccc6c5)nc(-c5ccc6ncccc6c5)n4)cccc3cc2c1.c1ccc2cc3cc(-c4nc(-c5ccc6ncccc6c5)nc(-c5ccc6ncccc6c5)n4)ccc3cc2c1.c1cnc2ccc(-c3nc(-c4ccc5ncccc5c4)nc(-c4c5ccccc5cc5ccccc45)n3)cc2c1. The Labute approximate surface area is 686 Å². The lowest BCUT2D eigenvalue weighted by Gasteiger charge is -2.13. The van der Waals surface area contributed by atoms with Gasteiger partial charge in [0.1, 0.15) is 0 Å². The number of nitrogens with zero attached hydrogens (tertiary/aromatic N) is 15. The van der Waals surface area contributed by atoms with E-state index in [9.17, 15) is 0 Å². The lowest BCUT2D eigenvalue weighted by Crippen LogP contribution is -2.01. The van der Waals surface area contributed by atoms with Crippen molar-refractivity contribution in [3.8, 4) is 102 Å². The predicted octanol–water partition coefficient (Wildman–Crippen LogP) is 24.8. The van der Waals surface area contributed by atoms with Gasteiger partial charge in [-0.1, -0.05) is 164 Å². The van der Waals surface area contributed by atoms with Gasteiger partial charge in [0.2, 0.25) is 0 Å². The molecule has 120 heavy (non-hydrogen) atoms. The van der Waals surface area contributed by atoms with Crippen molar-refractivity contribution in [2.45, 2.75) is 0 Å². The molecule has 0 saturated carbocycles. The van der Waals surface area contributed by atoms with Gasteiger partial charge in [-0.3, -0.25) is 29.9 Å². The van der Waals surface area contributed by atoms with Crippen LogP contribution in [-0.4, -0.2) is 74.8 Å². The molecule has 0 radical (unpaired) electrons. The number of rotatable bonds is 9. The molecule has 9 heterocycles. The first-order valence-electron chi connectivity index (χ1n) is 39.5. The van der Waals surface area contributed by atoms with E-state index in [1.807, 2.05) is 109 Å². The highest BCUT2D eigenvalue weighted by Gasteiger charge is 2.22. The van der Waals surface area contributed by atoms with Crippen LogP contribution in [0.25, 0.3) is 233 Å². The molecule has 0 N–H and O–H groups in total. The van der Waals surface area contributed by atoms with E-state index in [1.54, 1.807) is 37.2 Å². The summed E-state index contributed by atoms with van der Waals surface area (Å²) in [6.07, 6.45) is 10.8. The van der Waals surface area contributed by atoms with Gasteiger partial charge in [0.25, 0.3) is 0 Å². The van der Waals surface area contributed by atoms with Gasteiger partial charge < -0.3 is 0 Å². The maximum Gasteiger partial charge on any atom is 0.165 e. The molecule has 0 fully saturated rings. The second-order valence-electron chi connectivity index (χ2n) is 29.6. The summed E-state index contributed by atoms with van der Waals surface area (Å²) in [6.45, 7) is 0. The first-order valence-corrected chi connectivity index (χ1v) is 39.5. The number of aromatic nitrogens is 15. The lowest BCUT2D eigenvalue weighted by molar-refractivity contribution is 1.08. The fraction of sp³-hybridized carbons (Fsp3) is 0. The number of hydrogen-bond donors (Lipinski definition) is 0. The molecular weight excluding hydrogens is 1470 g/mol. The van der Waals surface area contributed by atoms with Crippen LogP contribution in [0.1, 0.15) is 0 Å². The average Bonchev–Trinajstić information content (AvgIpc) is 0.760. The van der Waals surface area contributed by atoms with Gasteiger partial charge in [0.05, 0.1) is 33.1 Å². The molecular formula is C105H63N15. The Bertz CT molecular complexity index is 7860. The van der Waals surface area contributed by atoms with Gasteiger partial charge in [-0.05, 0) is 247 Å². The van der Waals surface area contributed by atoms with Crippen molar-refractivity contribution in [2.75, 3.05) is 0 Å². The summed E-state index contributed by atoms with van der Waals surface area (Å²) >= 11 is 0. The molecule has 0 aliphatic heterocycles. The predicted molar refractivity (Wildman–Crippen MR) is 485 cm³/mol. The largest absolute Gasteiger partial charge is 0.256 e. The first-order chi connectivity index (χ1) is 59.3. The van der Waals surface area contributed by atoms with Crippen LogP contribution in [0, 0.1) is 0 Å². The van der Waals surface area contributed by atoms with Crippen molar-refractivity contribution < 1.29 is 0 Å². The summed E-state index contributed by atoms with van der Waals surface area (Å²) in [5.74, 6) is 5.63. The molecule has 9 aromatic heterocycles. The number of benzene rings is 15. The minimum Gasteiger partial charge on any atom is -0.256 e. The first kappa shape index (κ1) is 70.0.